The number of hydrogen-bond acceptors (Lipinski definition) is 3. The van der Waals surface area contributed by atoms with Crippen molar-refractivity contribution in [1.82, 2.24) is 15.1 Å². The molecule has 6 heteroatoms. The fourth-order valence-electron chi connectivity index (χ4n) is 3.22. The molecule has 1 aromatic heterocycles. The highest BCUT2D eigenvalue weighted by Gasteiger charge is 2.17. The minimum Gasteiger partial charge on any atom is -0.493 e. The van der Waals surface area contributed by atoms with Gasteiger partial charge in [-0.25, -0.2) is 0 Å². The van der Waals surface area contributed by atoms with E-state index in [1.54, 1.807) is 0 Å². The van der Waals surface area contributed by atoms with Crippen LogP contribution in [0.15, 0.2) is 18.2 Å². The second kappa shape index (κ2) is 7.48. The summed E-state index contributed by atoms with van der Waals surface area (Å²) >= 11 is 6.18. The molecule has 2 aromatic rings. The SMILES string of the molecule is Cc1nn(C(C)CC(=O)NCc2ccc3c(c2)CCCO3)c(C)c1Cl. The van der Waals surface area contributed by atoms with E-state index in [1.165, 1.54) is 5.56 Å². The number of rotatable bonds is 5. The van der Waals surface area contributed by atoms with E-state index in [2.05, 4.69) is 16.5 Å². The van der Waals surface area contributed by atoms with Crippen LogP contribution in [0.5, 0.6) is 5.75 Å². The molecule has 25 heavy (non-hydrogen) atoms. The van der Waals surface area contributed by atoms with Crippen molar-refractivity contribution >= 4 is 17.5 Å². The van der Waals surface area contributed by atoms with Gasteiger partial charge in [-0.15, -0.1) is 0 Å². The molecule has 0 bridgehead atoms. The number of aromatic nitrogens is 2. The predicted octanol–water partition coefficient (Wildman–Crippen LogP) is 3.75. The second-order valence-corrected chi connectivity index (χ2v) is 7.03. The van der Waals surface area contributed by atoms with E-state index in [0.29, 0.717) is 18.0 Å². The van der Waals surface area contributed by atoms with Crippen LogP contribution in [0, 0.1) is 13.8 Å². The molecule has 2 heterocycles. The molecule has 1 aliphatic heterocycles. The van der Waals surface area contributed by atoms with Gasteiger partial charge < -0.3 is 10.1 Å². The number of benzene rings is 1. The van der Waals surface area contributed by atoms with Crippen LogP contribution in [0.4, 0.5) is 0 Å². The van der Waals surface area contributed by atoms with Crippen molar-refractivity contribution in [1.29, 1.82) is 0 Å². The Hall–Kier alpha value is -2.01. The van der Waals surface area contributed by atoms with Crippen molar-refractivity contribution in [2.45, 2.75) is 52.6 Å². The Balaban J connectivity index is 1.56. The standard InChI is InChI=1S/C19H24ClN3O2/c1-12(23-14(3)19(20)13(2)22-23)9-18(24)21-11-15-6-7-17-16(10-15)5-4-8-25-17/h6-7,10,12H,4-5,8-9,11H2,1-3H3,(H,21,24). The highest BCUT2D eigenvalue weighted by atomic mass is 35.5. The molecule has 0 spiro atoms. The Labute approximate surface area is 153 Å². The molecule has 1 atom stereocenters. The number of amides is 1. The van der Waals surface area contributed by atoms with Crippen LogP contribution in [0.3, 0.4) is 0 Å². The molecule has 1 amide bonds. The highest BCUT2D eigenvalue weighted by Crippen LogP contribution is 2.26. The van der Waals surface area contributed by atoms with Crippen LogP contribution < -0.4 is 10.1 Å². The van der Waals surface area contributed by atoms with Gasteiger partial charge in [-0.1, -0.05) is 23.7 Å². The van der Waals surface area contributed by atoms with E-state index in [-0.39, 0.29) is 11.9 Å². The Morgan fingerprint density at radius 2 is 2.24 bits per heavy atom. The predicted molar refractivity (Wildman–Crippen MR) is 98.1 cm³/mol. The maximum atomic E-state index is 12.3. The van der Waals surface area contributed by atoms with Crippen molar-refractivity contribution in [2.24, 2.45) is 0 Å². The van der Waals surface area contributed by atoms with Gasteiger partial charge in [0.1, 0.15) is 5.75 Å². The molecule has 5 nitrogen and oxygen atoms in total. The number of carbonyl (C=O) groups is 1. The van der Waals surface area contributed by atoms with Crippen molar-refractivity contribution in [3.8, 4) is 5.75 Å². The average Bonchev–Trinajstić information content (AvgIpc) is 2.87. The minimum atomic E-state index is -0.0388. The normalized spacial score (nSPS) is 14.6. The van der Waals surface area contributed by atoms with Crippen molar-refractivity contribution < 1.29 is 9.53 Å². The first kappa shape index (κ1) is 17.8. The molecule has 1 aromatic carbocycles. The van der Waals surface area contributed by atoms with Gasteiger partial charge in [0.25, 0.3) is 0 Å². The molecule has 1 aliphatic rings. The zero-order valence-electron chi connectivity index (χ0n) is 14.9. The van der Waals surface area contributed by atoms with Gasteiger partial charge in [0, 0.05) is 13.0 Å². The molecular weight excluding hydrogens is 338 g/mol. The number of hydrogen-bond donors (Lipinski definition) is 1. The number of nitrogens with one attached hydrogen (secondary N) is 1. The largest absolute Gasteiger partial charge is 0.493 e. The summed E-state index contributed by atoms with van der Waals surface area (Å²) in [5.41, 5.74) is 4.01. The van der Waals surface area contributed by atoms with Gasteiger partial charge in [0.15, 0.2) is 0 Å². The van der Waals surface area contributed by atoms with Crippen LogP contribution in [0.2, 0.25) is 5.02 Å². The van der Waals surface area contributed by atoms with E-state index < -0.39 is 0 Å². The molecule has 0 saturated carbocycles. The summed E-state index contributed by atoms with van der Waals surface area (Å²) in [6.07, 6.45) is 2.45. The van der Waals surface area contributed by atoms with Crippen molar-refractivity contribution in [3.05, 3.63) is 45.7 Å². The number of carbonyl (C=O) groups excluding carboxylic acids is 1. The molecule has 0 radical (unpaired) electrons. The third-order valence-electron chi connectivity index (χ3n) is 4.60. The summed E-state index contributed by atoms with van der Waals surface area (Å²) < 4.78 is 7.45. The Morgan fingerprint density at radius 3 is 2.96 bits per heavy atom. The fraction of sp³-hybridized carbons (Fsp3) is 0.474. The van der Waals surface area contributed by atoms with E-state index in [9.17, 15) is 4.79 Å². The third-order valence-corrected chi connectivity index (χ3v) is 5.14. The van der Waals surface area contributed by atoms with Gasteiger partial charge >= 0.3 is 0 Å². The number of ether oxygens (including phenoxy) is 1. The zero-order chi connectivity index (χ0) is 18.0. The van der Waals surface area contributed by atoms with Crippen LogP contribution in [0.1, 0.15) is 48.3 Å². The van der Waals surface area contributed by atoms with Crippen LogP contribution >= 0.6 is 11.6 Å². The monoisotopic (exact) mass is 361 g/mol. The maximum Gasteiger partial charge on any atom is 0.222 e. The van der Waals surface area contributed by atoms with Crippen LogP contribution in [-0.2, 0) is 17.8 Å². The van der Waals surface area contributed by atoms with E-state index in [4.69, 9.17) is 16.3 Å². The van der Waals surface area contributed by atoms with E-state index in [0.717, 1.165) is 42.1 Å². The molecule has 0 fully saturated rings. The van der Waals surface area contributed by atoms with Gasteiger partial charge in [-0.2, -0.15) is 5.10 Å². The molecule has 0 saturated heterocycles. The zero-order valence-corrected chi connectivity index (χ0v) is 15.7. The third kappa shape index (κ3) is 3.98. The lowest BCUT2D eigenvalue weighted by atomic mass is 10.0. The van der Waals surface area contributed by atoms with Gasteiger partial charge in [0.2, 0.25) is 5.91 Å². The van der Waals surface area contributed by atoms with E-state index >= 15 is 0 Å². The number of fused-ring (bicyclic) bond motifs is 1. The first-order valence-corrected chi connectivity index (χ1v) is 9.06. The molecule has 3 rings (SSSR count). The minimum absolute atomic E-state index is 0.00477. The lowest BCUT2D eigenvalue weighted by molar-refractivity contribution is -0.122. The molecule has 1 N–H and O–H groups in total. The topological polar surface area (TPSA) is 56.2 Å². The van der Waals surface area contributed by atoms with Crippen LogP contribution in [-0.4, -0.2) is 22.3 Å². The van der Waals surface area contributed by atoms with E-state index in [1.807, 2.05) is 37.6 Å². The lowest BCUT2D eigenvalue weighted by Gasteiger charge is -2.18. The summed E-state index contributed by atoms with van der Waals surface area (Å²) in [5, 5.41) is 8.08. The van der Waals surface area contributed by atoms with Gasteiger partial charge in [0.05, 0.1) is 29.1 Å². The Morgan fingerprint density at radius 1 is 1.44 bits per heavy atom. The Kier molecular flexibility index (Phi) is 5.33. The quantitative estimate of drug-likeness (QED) is 0.882. The van der Waals surface area contributed by atoms with Crippen LogP contribution in [0.25, 0.3) is 0 Å². The van der Waals surface area contributed by atoms with Crippen molar-refractivity contribution in [2.75, 3.05) is 6.61 Å². The molecular formula is C19H24ClN3O2. The smallest absolute Gasteiger partial charge is 0.222 e. The number of nitrogens with zero attached hydrogens (tertiary/aromatic N) is 2. The summed E-state index contributed by atoms with van der Waals surface area (Å²) in [6.45, 7) is 7.09. The summed E-state index contributed by atoms with van der Waals surface area (Å²) in [6, 6.07) is 6.09. The summed E-state index contributed by atoms with van der Waals surface area (Å²) in [4.78, 5) is 12.3. The first-order valence-electron chi connectivity index (χ1n) is 8.68. The lowest BCUT2D eigenvalue weighted by Crippen LogP contribution is -2.26. The summed E-state index contributed by atoms with van der Waals surface area (Å²) in [7, 11) is 0. The molecule has 1 unspecified atom stereocenters. The van der Waals surface area contributed by atoms with Crippen molar-refractivity contribution in [3.63, 3.8) is 0 Å². The molecule has 134 valence electrons. The van der Waals surface area contributed by atoms with Gasteiger partial charge in [-0.05, 0) is 50.8 Å². The number of halogens is 1. The first-order chi connectivity index (χ1) is 12.0. The maximum absolute atomic E-state index is 12.3. The molecule has 0 aliphatic carbocycles. The summed E-state index contributed by atoms with van der Waals surface area (Å²) in [5.74, 6) is 0.974. The fourth-order valence-corrected chi connectivity index (χ4v) is 3.35. The van der Waals surface area contributed by atoms with Gasteiger partial charge in [-0.3, -0.25) is 9.48 Å². The Bertz CT molecular complexity index is 785. The second-order valence-electron chi connectivity index (χ2n) is 6.65. The average molecular weight is 362 g/mol. The highest BCUT2D eigenvalue weighted by molar-refractivity contribution is 6.31. The number of aryl methyl sites for hydroxylation is 2.